The molecule has 17 heavy (non-hydrogen) atoms. The monoisotopic (exact) mass is 239 g/mol. The summed E-state index contributed by atoms with van der Waals surface area (Å²) in [7, 11) is 3.14. The fraction of sp³-hybridized carbons (Fsp3) is 0.417. The molecule has 1 unspecified atom stereocenters. The van der Waals surface area contributed by atoms with Gasteiger partial charge in [-0.2, -0.15) is 0 Å². The van der Waals surface area contributed by atoms with Crippen LogP contribution >= 0.6 is 0 Å². The number of carboxylic acids is 1. The summed E-state index contributed by atoms with van der Waals surface area (Å²) in [5, 5.41) is 12.0. The Balaban J connectivity index is 2.71. The third-order valence-electron chi connectivity index (χ3n) is 2.35. The molecule has 0 saturated carbocycles. The number of carboxylic acid groups (broad SMARTS) is 1. The van der Waals surface area contributed by atoms with Gasteiger partial charge < -0.3 is 14.6 Å². The van der Waals surface area contributed by atoms with Crippen LogP contribution in [-0.2, 0) is 9.53 Å². The summed E-state index contributed by atoms with van der Waals surface area (Å²) in [4.78, 5) is 11.1. The van der Waals surface area contributed by atoms with Crippen LogP contribution in [0, 0.1) is 0 Å². The number of benzene rings is 1. The highest BCUT2D eigenvalue weighted by Gasteiger charge is 2.18. The molecular formula is C12H17NO4. The van der Waals surface area contributed by atoms with Crippen molar-refractivity contribution in [3.63, 3.8) is 0 Å². The van der Waals surface area contributed by atoms with Gasteiger partial charge in [0.2, 0.25) is 0 Å². The van der Waals surface area contributed by atoms with Gasteiger partial charge in [0.15, 0.2) is 0 Å². The molecule has 0 aliphatic carbocycles. The van der Waals surface area contributed by atoms with Gasteiger partial charge in [0.25, 0.3) is 0 Å². The van der Waals surface area contributed by atoms with Gasteiger partial charge >= 0.3 is 5.97 Å². The summed E-state index contributed by atoms with van der Waals surface area (Å²) < 4.78 is 9.89. The fourth-order valence-electron chi connectivity index (χ4n) is 1.45. The zero-order chi connectivity index (χ0) is 12.7. The van der Waals surface area contributed by atoms with E-state index < -0.39 is 12.0 Å². The Morgan fingerprint density at radius 1 is 1.35 bits per heavy atom. The van der Waals surface area contributed by atoms with Gasteiger partial charge in [0.05, 0.1) is 13.7 Å². The summed E-state index contributed by atoms with van der Waals surface area (Å²) in [6.07, 6.45) is 0. The molecule has 0 saturated heterocycles. The maximum atomic E-state index is 11.1. The van der Waals surface area contributed by atoms with E-state index in [-0.39, 0.29) is 0 Å². The summed E-state index contributed by atoms with van der Waals surface area (Å²) in [5.74, 6) is -0.207. The predicted molar refractivity (Wildman–Crippen MR) is 63.2 cm³/mol. The van der Waals surface area contributed by atoms with Crippen molar-refractivity contribution in [2.75, 3.05) is 27.4 Å². The van der Waals surface area contributed by atoms with Gasteiger partial charge in [-0.3, -0.25) is 10.1 Å². The molecule has 94 valence electrons. The van der Waals surface area contributed by atoms with Crippen molar-refractivity contribution in [3.8, 4) is 5.75 Å². The normalized spacial score (nSPS) is 12.1. The molecule has 0 amide bonds. The predicted octanol–water partition coefficient (Wildman–Crippen LogP) is 1.06. The van der Waals surface area contributed by atoms with Gasteiger partial charge in [-0.15, -0.1) is 0 Å². The van der Waals surface area contributed by atoms with E-state index in [1.807, 2.05) is 0 Å². The van der Waals surface area contributed by atoms with Crippen LogP contribution in [0.3, 0.4) is 0 Å². The molecule has 0 aliphatic rings. The third-order valence-corrected chi connectivity index (χ3v) is 2.35. The largest absolute Gasteiger partial charge is 0.497 e. The maximum Gasteiger partial charge on any atom is 0.325 e. The van der Waals surface area contributed by atoms with Crippen LogP contribution < -0.4 is 10.1 Å². The van der Waals surface area contributed by atoms with Crippen LogP contribution in [0.4, 0.5) is 0 Å². The van der Waals surface area contributed by atoms with Crippen molar-refractivity contribution in [2.45, 2.75) is 6.04 Å². The summed E-state index contributed by atoms with van der Waals surface area (Å²) >= 11 is 0. The van der Waals surface area contributed by atoms with Crippen molar-refractivity contribution in [1.82, 2.24) is 5.32 Å². The molecule has 1 atom stereocenters. The molecule has 1 aromatic rings. The van der Waals surface area contributed by atoms with E-state index in [2.05, 4.69) is 5.32 Å². The lowest BCUT2D eigenvalue weighted by molar-refractivity contribution is -0.139. The average molecular weight is 239 g/mol. The number of hydrogen-bond acceptors (Lipinski definition) is 4. The second-order valence-electron chi connectivity index (χ2n) is 3.49. The highest BCUT2D eigenvalue weighted by Crippen LogP contribution is 2.17. The van der Waals surface area contributed by atoms with Crippen molar-refractivity contribution in [3.05, 3.63) is 29.8 Å². The minimum Gasteiger partial charge on any atom is -0.497 e. The molecule has 0 spiro atoms. The quantitative estimate of drug-likeness (QED) is 0.696. The smallest absolute Gasteiger partial charge is 0.325 e. The topological polar surface area (TPSA) is 67.8 Å². The molecule has 1 aromatic carbocycles. The molecule has 5 nitrogen and oxygen atoms in total. The molecular weight excluding hydrogens is 222 g/mol. The lowest BCUT2D eigenvalue weighted by atomic mass is 10.1. The Labute approximate surface area is 100 Å². The van der Waals surface area contributed by atoms with Crippen LogP contribution in [0.5, 0.6) is 5.75 Å². The van der Waals surface area contributed by atoms with E-state index >= 15 is 0 Å². The first kappa shape index (κ1) is 13.5. The molecule has 0 heterocycles. The Morgan fingerprint density at radius 2 is 2.00 bits per heavy atom. The number of hydrogen-bond donors (Lipinski definition) is 2. The lowest BCUT2D eigenvalue weighted by Crippen LogP contribution is -2.30. The Bertz CT molecular complexity index is 350. The summed E-state index contributed by atoms with van der Waals surface area (Å²) in [6.45, 7) is 0.958. The van der Waals surface area contributed by atoms with Crippen LogP contribution in [0.2, 0.25) is 0 Å². The van der Waals surface area contributed by atoms with Crippen LogP contribution in [0.15, 0.2) is 24.3 Å². The van der Waals surface area contributed by atoms with Gasteiger partial charge in [0, 0.05) is 13.7 Å². The van der Waals surface area contributed by atoms with Crippen molar-refractivity contribution in [2.24, 2.45) is 0 Å². The molecule has 0 radical (unpaired) electrons. The fourth-order valence-corrected chi connectivity index (χ4v) is 1.45. The second kappa shape index (κ2) is 6.88. The van der Waals surface area contributed by atoms with E-state index in [4.69, 9.17) is 14.6 Å². The lowest BCUT2D eigenvalue weighted by Gasteiger charge is -2.14. The van der Waals surface area contributed by atoms with Gasteiger partial charge in [0.1, 0.15) is 11.8 Å². The number of nitrogens with one attached hydrogen (secondary N) is 1. The Morgan fingerprint density at radius 3 is 2.47 bits per heavy atom. The van der Waals surface area contributed by atoms with E-state index in [1.54, 1.807) is 38.5 Å². The Hall–Kier alpha value is -1.59. The maximum absolute atomic E-state index is 11.1. The minimum atomic E-state index is -0.911. The van der Waals surface area contributed by atoms with Crippen LogP contribution in [0.1, 0.15) is 11.6 Å². The van der Waals surface area contributed by atoms with Crippen molar-refractivity contribution < 1.29 is 19.4 Å². The zero-order valence-electron chi connectivity index (χ0n) is 9.97. The number of aliphatic carboxylic acids is 1. The van der Waals surface area contributed by atoms with Gasteiger partial charge in [-0.05, 0) is 17.7 Å². The molecule has 5 heteroatoms. The van der Waals surface area contributed by atoms with Crippen LogP contribution in [0.25, 0.3) is 0 Å². The minimum absolute atomic E-state index is 0.472. The molecule has 1 rings (SSSR count). The van der Waals surface area contributed by atoms with Gasteiger partial charge in [-0.1, -0.05) is 12.1 Å². The highest BCUT2D eigenvalue weighted by molar-refractivity contribution is 5.75. The number of carbonyl (C=O) groups is 1. The molecule has 0 aliphatic heterocycles. The van der Waals surface area contributed by atoms with Crippen LogP contribution in [-0.4, -0.2) is 38.4 Å². The zero-order valence-corrected chi connectivity index (χ0v) is 9.97. The molecule has 0 aromatic heterocycles. The van der Waals surface area contributed by atoms with E-state index in [0.717, 1.165) is 0 Å². The molecule has 0 fully saturated rings. The Kier molecular flexibility index (Phi) is 5.45. The highest BCUT2D eigenvalue weighted by atomic mass is 16.5. The first-order valence-corrected chi connectivity index (χ1v) is 5.28. The molecule has 2 N–H and O–H groups in total. The van der Waals surface area contributed by atoms with E-state index in [0.29, 0.717) is 24.5 Å². The average Bonchev–Trinajstić information content (AvgIpc) is 2.34. The SMILES string of the molecule is COCCNC(C(=O)O)c1ccc(OC)cc1. The van der Waals surface area contributed by atoms with Gasteiger partial charge in [-0.25, -0.2) is 0 Å². The number of rotatable bonds is 7. The number of methoxy groups -OCH3 is 2. The van der Waals surface area contributed by atoms with E-state index in [1.165, 1.54) is 0 Å². The van der Waals surface area contributed by atoms with E-state index in [9.17, 15) is 4.79 Å². The summed E-state index contributed by atoms with van der Waals surface area (Å²) in [5.41, 5.74) is 0.689. The molecule has 0 bridgehead atoms. The number of ether oxygens (including phenoxy) is 2. The second-order valence-corrected chi connectivity index (χ2v) is 3.49. The standard InChI is InChI=1S/C12H17NO4/c1-16-8-7-13-11(12(14)15)9-3-5-10(17-2)6-4-9/h3-6,11,13H,7-8H2,1-2H3,(H,14,15). The first-order chi connectivity index (χ1) is 8.19. The third kappa shape index (κ3) is 4.05. The first-order valence-electron chi connectivity index (χ1n) is 5.28. The van der Waals surface area contributed by atoms with Crippen molar-refractivity contribution >= 4 is 5.97 Å². The van der Waals surface area contributed by atoms with Crippen molar-refractivity contribution in [1.29, 1.82) is 0 Å². The summed E-state index contributed by atoms with van der Waals surface area (Å²) in [6, 6.07) is 6.22.